The first-order chi connectivity index (χ1) is 7.96. The van der Waals surface area contributed by atoms with Crippen molar-refractivity contribution < 1.29 is 9.90 Å². The summed E-state index contributed by atoms with van der Waals surface area (Å²) in [6.45, 7) is 4.72. The first-order valence-corrected chi connectivity index (χ1v) is 6.46. The van der Waals surface area contributed by atoms with Crippen molar-refractivity contribution in [2.45, 2.75) is 25.9 Å². The van der Waals surface area contributed by atoms with Gasteiger partial charge < -0.3 is 10.0 Å². The van der Waals surface area contributed by atoms with Crippen LogP contribution >= 0.6 is 11.3 Å². The Kier molecular flexibility index (Phi) is 3.31. The number of β-amino-alcohol motifs (C(OH)–C–C–N with tert-alkyl or cyclic N) is 1. The van der Waals surface area contributed by atoms with Gasteiger partial charge in [0.15, 0.2) is 0 Å². The number of aryl methyl sites for hydroxylation is 1. The van der Waals surface area contributed by atoms with E-state index in [1.807, 2.05) is 12.3 Å². The second kappa shape index (κ2) is 4.58. The Morgan fingerprint density at radius 1 is 1.71 bits per heavy atom. The Bertz CT molecular complexity index is 451. The number of hydrogen-bond donors (Lipinski definition) is 1. The van der Waals surface area contributed by atoms with E-state index in [-0.39, 0.29) is 5.91 Å². The number of carbonyl (C=O) groups excluding carboxylic acids is 1. The van der Waals surface area contributed by atoms with Crippen LogP contribution in [0.3, 0.4) is 0 Å². The molecule has 1 aromatic rings. The summed E-state index contributed by atoms with van der Waals surface area (Å²) in [7, 11) is 0. The fourth-order valence-corrected chi connectivity index (χ4v) is 2.43. The van der Waals surface area contributed by atoms with Crippen molar-refractivity contribution in [1.29, 1.82) is 0 Å². The predicted octanol–water partition coefficient (Wildman–Crippen LogP) is 1.45. The number of hydrogen-bond acceptors (Lipinski definition) is 4. The van der Waals surface area contributed by atoms with Crippen LogP contribution < -0.4 is 0 Å². The molecule has 1 N–H and O–H groups in total. The molecule has 0 aromatic carbocycles. The van der Waals surface area contributed by atoms with Crippen molar-refractivity contribution in [1.82, 2.24) is 9.88 Å². The summed E-state index contributed by atoms with van der Waals surface area (Å²) in [5.41, 5.74) is 0.0765. The van der Waals surface area contributed by atoms with Crippen molar-refractivity contribution in [3.8, 4) is 0 Å². The number of nitrogens with zero attached hydrogens (tertiary/aromatic N) is 2. The highest BCUT2D eigenvalue weighted by molar-refractivity contribution is 7.09. The fourth-order valence-electron chi connectivity index (χ4n) is 1.85. The second-order valence-electron chi connectivity index (χ2n) is 4.63. The molecule has 1 aliphatic rings. The van der Waals surface area contributed by atoms with E-state index in [9.17, 15) is 9.90 Å². The van der Waals surface area contributed by atoms with Gasteiger partial charge in [0.05, 0.1) is 16.3 Å². The van der Waals surface area contributed by atoms with E-state index in [0.29, 0.717) is 19.5 Å². The van der Waals surface area contributed by atoms with E-state index in [4.69, 9.17) is 0 Å². The summed E-state index contributed by atoms with van der Waals surface area (Å²) in [6, 6.07) is 0. The topological polar surface area (TPSA) is 53.4 Å². The molecule has 0 spiro atoms. The Morgan fingerprint density at radius 3 is 3.00 bits per heavy atom. The van der Waals surface area contributed by atoms with E-state index in [2.05, 4.69) is 4.98 Å². The molecule has 92 valence electrons. The van der Waals surface area contributed by atoms with E-state index in [0.717, 1.165) is 10.7 Å². The minimum atomic E-state index is -0.735. The van der Waals surface area contributed by atoms with Crippen LogP contribution in [0.1, 0.15) is 24.0 Å². The normalized spacial score (nSPS) is 24.8. The molecule has 1 amide bonds. The number of likely N-dealkylation sites (tertiary alicyclic amines) is 1. The maximum absolute atomic E-state index is 11.8. The molecule has 0 radical (unpaired) electrons. The summed E-state index contributed by atoms with van der Waals surface area (Å²) in [5, 5.41) is 12.7. The van der Waals surface area contributed by atoms with Crippen LogP contribution in [0.15, 0.2) is 11.5 Å². The standard InChI is InChI=1S/C12H16N2O2S/c1-9-13-10(7-17-9)3-4-11(15)14-6-5-12(2,16)8-14/h3-4,7,16H,5-6,8H2,1-2H3/b4-3+. The minimum absolute atomic E-state index is 0.0616. The van der Waals surface area contributed by atoms with E-state index >= 15 is 0 Å². The first kappa shape index (κ1) is 12.3. The Morgan fingerprint density at radius 2 is 2.47 bits per heavy atom. The highest BCUT2D eigenvalue weighted by atomic mass is 32.1. The zero-order chi connectivity index (χ0) is 12.5. The number of thiazole rings is 1. The number of rotatable bonds is 2. The first-order valence-electron chi connectivity index (χ1n) is 5.58. The number of carbonyl (C=O) groups is 1. The SMILES string of the molecule is Cc1nc(/C=C/C(=O)N2CCC(C)(O)C2)cs1. The average Bonchev–Trinajstić information content (AvgIpc) is 2.81. The lowest BCUT2D eigenvalue weighted by Gasteiger charge is -2.17. The molecule has 0 bridgehead atoms. The van der Waals surface area contributed by atoms with Gasteiger partial charge in [-0.15, -0.1) is 11.3 Å². The maximum atomic E-state index is 11.8. The van der Waals surface area contributed by atoms with Crippen LogP contribution in [0.25, 0.3) is 6.08 Å². The van der Waals surface area contributed by atoms with Gasteiger partial charge in [0, 0.05) is 24.5 Å². The lowest BCUT2D eigenvalue weighted by atomic mass is 10.1. The quantitative estimate of drug-likeness (QED) is 0.810. The third-order valence-corrected chi connectivity index (χ3v) is 3.59. The van der Waals surface area contributed by atoms with Gasteiger partial charge >= 0.3 is 0 Å². The van der Waals surface area contributed by atoms with Crippen LogP contribution in [0, 0.1) is 6.92 Å². The lowest BCUT2D eigenvalue weighted by molar-refractivity contribution is -0.125. The molecular weight excluding hydrogens is 236 g/mol. The summed E-state index contributed by atoms with van der Waals surface area (Å²) >= 11 is 1.56. The molecule has 1 saturated heterocycles. The molecule has 1 unspecified atom stereocenters. The zero-order valence-electron chi connectivity index (χ0n) is 10.0. The third-order valence-electron chi connectivity index (χ3n) is 2.80. The van der Waals surface area contributed by atoms with Gasteiger partial charge in [-0.2, -0.15) is 0 Å². The van der Waals surface area contributed by atoms with Crippen LogP contribution in [0.4, 0.5) is 0 Å². The smallest absolute Gasteiger partial charge is 0.246 e. The van der Waals surface area contributed by atoms with Gasteiger partial charge in [-0.05, 0) is 26.3 Å². The van der Waals surface area contributed by atoms with E-state index < -0.39 is 5.60 Å². The molecule has 2 heterocycles. The molecule has 4 nitrogen and oxygen atoms in total. The Labute approximate surface area is 105 Å². The molecular formula is C12H16N2O2S. The largest absolute Gasteiger partial charge is 0.388 e. The van der Waals surface area contributed by atoms with Crippen LogP contribution in [0.2, 0.25) is 0 Å². The van der Waals surface area contributed by atoms with Gasteiger partial charge in [-0.25, -0.2) is 4.98 Å². The molecule has 1 fully saturated rings. The van der Waals surface area contributed by atoms with Crippen molar-refractivity contribution in [3.63, 3.8) is 0 Å². The van der Waals surface area contributed by atoms with Crippen molar-refractivity contribution in [2.24, 2.45) is 0 Å². The molecule has 0 aliphatic carbocycles. The summed E-state index contributed by atoms with van der Waals surface area (Å²) in [6.07, 6.45) is 3.89. The summed E-state index contributed by atoms with van der Waals surface area (Å²) < 4.78 is 0. The zero-order valence-corrected chi connectivity index (χ0v) is 10.8. The van der Waals surface area contributed by atoms with Gasteiger partial charge in [-0.1, -0.05) is 0 Å². The van der Waals surface area contributed by atoms with E-state index in [1.54, 1.807) is 29.2 Å². The monoisotopic (exact) mass is 252 g/mol. The summed E-state index contributed by atoms with van der Waals surface area (Å²) in [4.78, 5) is 17.7. The molecule has 1 aliphatic heterocycles. The van der Waals surface area contributed by atoms with Crippen LogP contribution in [0.5, 0.6) is 0 Å². The minimum Gasteiger partial charge on any atom is -0.388 e. The Hall–Kier alpha value is -1.20. The molecule has 0 saturated carbocycles. The Balaban J connectivity index is 1.96. The third kappa shape index (κ3) is 3.14. The molecule has 1 aromatic heterocycles. The number of amides is 1. The summed E-state index contributed by atoms with van der Waals surface area (Å²) in [5.74, 6) is -0.0616. The van der Waals surface area contributed by atoms with Gasteiger partial charge in [0.25, 0.3) is 0 Å². The maximum Gasteiger partial charge on any atom is 0.246 e. The average molecular weight is 252 g/mol. The molecule has 2 rings (SSSR count). The molecule has 1 atom stereocenters. The van der Waals surface area contributed by atoms with Crippen molar-refractivity contribution >= 4 is 23.3 Å². The van der Waals surface area contributed by atoms with Crippen LogP contribution in [-0.4, -0.2) is 39.6 Å². The van der Waals surface area contributed by atoms with Gasteiger partial charge in [0.1, 0.15) is 0 Å². The van der Waals surface area contributed by atoms with Gasteiger partial charge in [0.2, 0.25) is 5.91 Å². The fraction of sp³-hybridized carbons (Fsp3) is 0.500. The van der Waals surface area contributed by atoms with Crippen molar-refractivity contribution in [3.05, 3.63) is 22.2 Å². The highest BCUT2D eigenvalue weighted by Crippen LogP contribution is 2.20. The lowest BCUT2D eigenvalue weighted by Crippen LogP contribution is -2.32. The van der Waals surface area contributed by atoms with E-state index in [1.165, 1.54) is 6.08 Å². The number of aliphatic hydroxyl groups is 1. The van der Waals surface area contributed by atoms with Crippen LogP contribution in [-0.2, 0) is 4.79 Å². The molecule has 5 heteroatoms. The number of aromatic nitrogens is 1. The predicted molar refractivity (Wildman–Crippen MR) is 67.7 cm³/mol. The highest BCUT2D eigenvalue weighted by Gasteiger charge is 2.32. The van der Waals surface area contributed by atoms with Crippen molar-refractivity contribution in [2.75, 3.05) is 13.1 Å². The van der Waals surface area contributed by atoms with Gasteiger partial charge in [-0.3, -0.25) is 4.79 Å². The molecule has 17 heavy (non-hydrogen) atoms. The second-order valence-corrected chi connectivity index (χ2v) is 5.69.